The number of nitrogens with zero attached hydrogens (tertiary/aromatic N) is 3. The molecule has 0 amide bonds. The van der Waals surface area contributed by atoms with Gasteiger partial charge >= 0.3 is 0 Å². The maximum atomic E-state index is 7.43. The second kappa shape index (κ2) is 20.6. The third kappa shape index (κ3) is 8.88. The molecule has 4 aliphatic heterocycles. The molecule has 0 bridgehead atoms. The second-order valence-electron chi connectivity index (χ2n) is 20.7. The molecule has 9 aromatic rings. The molecule has 77 heavy (non-hydrogen) atoms. The molecule has 0 aliphatic carbocycles. The molecule has 0 unspecified atom stereocenters. The lowest BCUT2D eigenvalue weighted by Crippen LogP contribution is -2.64. The number of unbranched alkanes of at least 4 members (excludes halogenated alkanes) is 2. The van der Waals surface area contributed by atoms with E-state index in [4.69, 9.17) is 14.2 Å². The molecule has 0 N–H and O–H groups in total. The van der Waals surface area contributed by atoms with E-state index in [2.05, 4.69) is 271 Å². The largest absolute Gasteiger partial charge is 0.458 e. The van der Waals surface area contributed by atoms with Crippen molar-refractivity contribution in [2.45, 2.75) is 66.2 Å². The Bertz CT molecular complexity index is 3770. The summed E-state index contributed by atoms with van der Waals surface area (Å²) in [6.45, 7) is 8.57. The van der Waals surface area contributed by atoms with Crippen LogP contribution in [0.5, 0.6) is 34.5 Å². The number of aryl methyl sites for hydroxylation is 2. The van der Waals surface area contributed by atoms with Crippen LogP contribution in [0.1, 0.15) is 64.5 Å². The van der Waals surface area contributed by atoms with Gasteiger partial charge in [0.15, 0.2) is 0 Å². The van der Waals surface area contributed by atoms with Crippen LogP contribution in [0.25, 0.3) is 0 Å². The van der Waals surface area contributed by atoms with Crippen molar-refractivity contribution in [1.82, 2.24) is 0 Å². The number of hydrogen-bond donors (Lipinski definition) is 0. The molecule has 9 aromatic carbocycles. The minimum Gasteiger partial charge on any atom is -0.458 e. The normalized spacial score (nSPS) is 13.7. The summed E-state index contributed by atoms with van der Waals surface area (Å²) in [5.74, 6) is 4.68. The molecule has 376 valence electrons. The number of rotatable bonds is 14. The highest BCUT2D eigenvalue weighted by atomic mass is 127. The highest BCUT2D eigenvalue weighted by Gasteiger charge is 2.48. The van der Waals surface area contributed by atoms with Gasteiger partial charge in [0, 0.05) is 81.5 Å². The molecule has 9 heteroatoms. The van der Waals surface area contributed by atoms with Gasteiger partial charge < -0.3 is 28.9 Å². The lowest BCUT2D eigenvalue weighted by Gasteiger charge is -2.45. The lowest BCUT2D eigenvalue weighted by atomic mass is 9.30. The van der Waals surface area contributed by atoms with E-state index >= 15 is 0 Å². The minimum absolute atomic E-state index is 0.126. The summed E-state index contributed by atoms with van der Waals surface area (Å²) < 4.78 is 22.5. The van der Waals surface area contributed by atoms with Gasteiger partial charge in [-0.25, -0.2) is 0 Å². The summed E-state index contributed by atoms with van der Waals surface area (Å²) in [7, 11) is 0. The van der Waals surface area contributed by atoms with Crippen LogP contribution < -0.4 is 61.7 Å². The molecule has 0 fully saturated rings. The van der Waals surface area contributed by atoms with Gasteiger partial charge in [0.1, 0.15) is 34.5 Å². The first-order valence-electron chi connectivity index (χ1n) is 27.3. The second-order valence-corrected chi connectivity index (χ2v) is 22.4. The Hall–Kier alpha value is -7.88. The number of anilines is 8. The molecule has 0 atom stereocenters. The lowest BCUT2D eigenvalue weighted by molar-refractivity contribution is 0.463. The van der Waals surface area contributed by atoms with E-state index in [9.17, 15) is 0 Å². The molecule has 13 rings (SSSR count). The topological polar surface area (TPSA) is 37.4 Å². The van der Waals surface area contributed by atoms with Crippen molar-refractivity contribution in [1.29, 1.82) is 0 Å². The number of para-hydroxylation sites is 4. The van der Waals surface area contributed by atoms with Crippen molar-refractivity contribution in [3.8, 4) is 34.5 Å². The summed E-state index contributed by atoms with van der Waals surface area (Å²) in [5.41, 5.74) is 19.5. The predicted octanol–water partition coefficient (Wildman–Crippen LogP) is 15.4. The fraction of sp³-hybridized carbons (Fsp3) is 0.147. The third-order valence-electron chi connectivity index (χ3n) is 15.6. The molecule has 0 saturated carbocycles. The van der Waals surface area contributed by atoms with Crippen molar-refractivity contribution < 1.29 is 14.2 Å². The molecule has 0 spiro atoms. The number of benzene rings is 9. The zero-order valence-corrected chi connectivity index (χ0v) is 46.1. The number of ether oxygens (including phenoxy) is 3. The monoisotopic (exact) mass is 1110 g/mol. The fourth-order valence-corrected chi connectivity index (χ4v) is 12.3. The Kier molecular flexibility index (Phi) is 13.0. The standard InChI is InChI=1S/C68H58B2IN3O3/c1-5-7-19-47-31-35-51(36-32-47)75-53-39-62-67-63(40-53)73(49-21-11-9-12-22-49)59-27-17-15-25-55(59)69(67)57-43-58-65(44-61(57)72(62)46(4)30-29-45(3)71)77-66-42-54(76-52-37-33-48(34-38-52)20-8-6-2)41-64-68(66)70(58)56-26-16-18-28-60(56)74(64)50-23-13-10-14-24-50/h9-18,21-44H,5-8,19-20H2,1-4H3/b45-29+,46-30+. The Morgan fingerprint density at radius 1 is 0.455 bits per heavy atom. The van der Waals surface area contributed by atoms with Gasteiger partial charge in [0.25, 0.3) is 13.4 Å². The van der Waals surface area contributed by atoms with Crippen molar-refractivity contribution in [2.75, 3.05) is 14.7 Å². The number of fused-ring (bicyclic) bond motifs is 8. The van der Waals surface area contributed by atoms with E-state index in [-0.39, 0.29) is 13.4 Å². The average Bonchev–Trinajstić information content (AvgIpc) is 3.51. The zero-order valence-electron chi connectivity index (χ0n) is 44.0. The molecule has 4 heterocycles. The maximum Gasteiger partial charge on any atom is 0.256 e. The highest BCUT2D eigenvalue weighted by Crippen LogP contribution is 2.48. The van der Waals surface area contributed by atoms with Crippen molar-refractivity contribution in [3.63, 3.8) is 0 Å². The van der Waals surface area contributed by atoms with E-state index in [1.54, 1.807) is 0 Å². The summed E-state index contributed by atoms with van der Waals surface area (Å²) >= 11 is 2.41. The molecule has 6 nitrogen and oxygen atoms in total. The minimum atomic E-state index is -0.142. The fourth-order valence-electron chi connectivity index (χ4n) is 12.1. The van der Waals surface area contributed by atoms with E-state index in [1.807, 2.05) is 0 Å². The van der Waals surface area contributed by atoms with Crippen LogP contribution in [-0.4, -0.2) is 13.4 Å². The third-order valence-corrected chi connectivity index (χ3v) is 16.0. The Balaban J connectivity index is 1.03. The molecule has 0 saturated heterocycles. The van der Waals surface area contributed by atoms with E-state index in [0.29, 0.717) is 5.75 Å². The van der Waals surface area contributed by atoms with Gasteiger partial charge in [0.2, 0.25) is 0 Å². The number of halogens is 1. The Labute approximate surface area is 467 Å². The Morgan fingerprint density at radius 3 is 1.49 bits per heavy atom. The van der Waals surface area contributed by atoms with Crippen molar-refractivity contribution in [2.24, 2.45) is 0 Å². The van der Waals surface area contributed by atoms with E-state index in [0.717, 1.165) is 129 Å². The molecule has 0 aromatic heterocycles. The predicted molar refractivity (Wildman–Crippen MR) is 332 cm³/mol. The average molecular weight is 1110 g/mol. The summed E-state index contributed by atoms with van der Waals surface area (Å²) in [4.78, 5) is 7.26. The highest BCUT2D eigenvalue weighted by molar-refractivity contribution is 14.1. The van der Waals surface area contributed by atoms with Gasteiger partial charge in [-0.05, 0) is 176 Å². The van der Waals surface area contributed by atoms with E-state index in [1.165, 1.54) is 36.6 Å². The summed E-state index contributed by atoms with van der Waals surface area (Å²) in [5, 5.41) is 0. The van der Waals surface area contributed by atoms with Crippen LogP contribution in [-0.2, 0) is 12.8 Å². The van der Waals surface area contributed by atoms with Crippen molar-refractivity contribution in [3.05, 3.63) is 227 Å². The summed E-state index contributed by atoms with van der Waals surface area (Å²) in [6, 6.07) is 70.2. The smallest absolute Gasteiger partial charge is 0.256 e. The van der Waals surface area contributed by atoms with Crippen LogP contribution >= 0.6 is 22.6 Å². The quantitative estimate of drug-likeness (QED) is 0.0614. The molecular formula is C68H58B2IN3O3. The van der Waals surface area contributed by atoms with Crippen molar-refractivity contribution >= 4 is 114 Å². The maximum absolute atomic E-state index is 7.43. The summed E-state index contributed by atoms with van der Waals surface area (Å²) in [6.07, 6.45) is 11.2. The van der Waals surface area contributed by atoms with Gasteiger partial charge in [-0.15, -0.1) is 0 Å². The van der Waals surface area contributed by atoms with Crippen LogP contribution in [0.2, 0.25) is 0 Å². The first-order chi connectivity index (χ1) is 37.8. The van der Waals surface area contributed by atoms with Crippen LogP contribution in [0.3, 0.4) is 0 Å². The molecule has 0 radical (unpaired) electrons. The molecular weight excluding hydrogens is 1060 g/mol. The molecule has 4 aliphatic rings. The first kappa shape index (κ1) is 48.7. The van der Waals surface area contributed by atoms with Crippen LogP contribution in [0, 0.1) is 0 Å². The first-order valence-corrected chi connectivity index (χ1v) is 28.4. The van der Waals surface area contributed by atoms with Gasteiger partial charge in [-0.1, -0.05) is 136 Å². The van der Waals surface area contributed by atoms with Gasteiger partial charge in [-0.3, -0.25) is 0 Å². The number of hydrogen-bond acceptors (Lipinski definition) is 6. The van der Waals surface area contributed by atoms with Crippen LogP contribution in [0.4, 0.5) is 45.5 Å². The SMILES string of the molecule is CCCCc1ccc(Oc2cc3c4c(c2)N(c2ccccc2)c2ccccc2B4c2cc4c(cc2O3)N(/C(C)=C/C=C(\C)I)c2cc(Oc3ccc(CCCC)cc3)cc3c2B4c2ccccc2N3c2ccccc2)cc1. The zero-order chi connectivity index (χ0) is 52.1. The van der Waals surface area contributed by atoms with E-state index < -0.39 is 0 Å². The van der Waals surface area contributed by atoms with Gasteiger partial charge in [-0.2, -0.15) is 0 Å². The number of allylic oxidation sites excluding steroid dienone is 4. The Morgan fingerprint density at radius 2 is 0.948 bits per heavy atom. The van der Waals surface area contributed by atoms with Crippen LogP contribution in [0.15, 0.2) is 216 Å². The van der Waals surface area contributed by atoms with Gasteiger partial charge in [0.05, 0.1) is 0 Å².